The van der Waals surface area contributed by atoms with Gasteiger partial charge in [0, 0.05) is 21.5 Å². The fraction of sp³-hybridized carbons (Fsp3) is 0.353. The highest BCUT2D eigenvalue weighted by Crippen LogP contribution is 2.27. The monoisotopic (exact) mass is 332 g/mol. The lowest BCUT2D eigenvalue weighted by atomic mass is 10.00. The summed E-state index contributed by atoms with van der Waals surface area (Å²) in [6.45, 7) is 10.5. The molecule has 1 N–H and O–H groups in total. The van der Waals surface area contributed by atoms with Crippen LogP contribution >= 0.6 is 15.9 Å². The minimum atomic E-state index is 0.234. The number of aromatic nitrogens is 1. The molecule has 1 heterocycles. The standard InChI is InChI=1S/C17H21BrN2/c1-10-6-7-15(9-16(10)18)20-14(5)17-11(2)8-12(3)19-13(17)4/h6-9,14,20H,1-5H3. The first-order valence-corrected chi connectivity index (χ1v) is 7.65. The summed E-state index contributed by atoms with van der Waals surface area (Å²) in [5, 5.41) is 3.56. The van der Waals surface area contributed by atoms with E-state index in [1.807, 2.05) is 6.92 Å². The van der Waals surface area contributed by atoms with Gasteiger partial charge in [0.2, 0.25) is 0 Å². The molecule has 106 valence electrons. The van der Waals surface area contributed by atoms with Crippen molar-refractivity contribution in [1.82, 2.24) is 4.98 Å². The molecule has 2 aromatic rings. The Morgan fingerprint density at radius 3 is 2.35 bits per heavy atom. The summed E-state index contributed by atoms with van der Waals surface area (Å²) >= 11 is 3.58. The van der Waals surface area contributed by atoms with Gasteiger partial charge in [0.05, 0.1) is 6.04 Å². The van der Waals surface area contributed by atoms with E-state index < -0.39 is 0 Å². The fourth-order valence-corrected chi connectivity index (χ4v) is 3.07. The number of benzene rings is 1. The molecular formula is C17H21BrN2. The minimum Gasteiger partial charge on any atom is -0.378 e. The SMILES string of the molecule is Cc1cc(C)c(C(C)Nc2ccc(C)c(Br)c2)c(C)n1. The molecule has 0 radical (unpaired) electrons. The summed E-state index contributed by atoms with van der Waals surface area (Å²) in [6.07, 6.45) is 0. The van der Waals surface area contributed by atoms with Crippen LogP contribution in [-0.2, 0) is 0 Å². The van der Waals surface area contributed by atoms with Crippen molar-refractivity contribution in [1.29, 1.82) is 0 Å². The molecular weight excluding hydrogens is 312 g/mol. The Bertz CT molecular complexity index is 612. The number of nitrogens with one attached hydrogen (secondary N) is 1. The van der Waals surface area contributed by atoms with E-state index in [2.05, 4.69) is 78.2 Å². The molecule has 0 amide bonds. The van der Waals surface area contributed by atoms with Crippen LogP contribution in [0.15, 0.2) is 28.7 Å². The van der Waals surface area contributed by atoms with Gasteiger partial charge in [-0.3, -0.25) is 4.98 Å². The highest BCUT2D eigenvalue weighted by Gasteiger charge is 2.13. The summed E-state index contributed by atoms with van der Waals surface area (Å²) in [5.74, 6) is 0. The van der Waals surface area contributed by atoms with Crippen LogP contribution in [-0.4, -0.2) is 4.98 Å². The Kier molecular flexibility index (Phi) is 4.48. The van der Waals surface area contributed by atoms with E-state index >= 15 is 0 Å². The average molecular weight is 333 g/mol. The molecule has 0 aliphatic carbocycles. The number of pyridine rings is 1. The van der Waals surface area contributed by atoms with Gasteiger partial charge in [-0.05, 0) is 69.5 Å². The number of hydrogen-bond acceptors (Lipinski definition) is 2. The first kappa shape index (κ1) is 15.0. The third-order valence-electron chi connectivity index (χ3n) is 3.57. The van der Waals surface area contributed by atoms with E-state index in [-0.39, 0.29) is 6.04 Å². The van der Waals surface area contributed by atoms with E-state index in [0.29, 0.717) is 0 Å². The first-order chi connectivity index (χ1) is 9.38. The molecule has 1 unspecified atom stereocenters. The lowest BCUT2D eigenvalue weighted by molar-refractivity contribution is 0.843. The highest BCUT2D eigenvalue weighted by molar-refractivity contribution is 9.10. The number of rotatable bonds is 3. The van der Waals surface area contributed by atoms with E-state index in [9.17, 15) is 0 Å². The zero-order valence-electron chi connectivity index (χ0n) is 12.7. The molecule has 3 heteroatoms. The van der Waals surface area contributed by atoms with E-state index in [4.69, 9.17) is 0 Å². The van der Waals surface area contributed by atoms with Crippen molar-refractivity contribution in [3.63, 3.8) is 0 Å². The summed E-state index contributed by atoms with van der Waals surface area (Å²) in [5.41, 5.74) is 7.12. The maximum atomic E-state index is 4.58. The zero-order chi connectivity index (χ0) is 14.9. The largest absolute Gasteiger partial charge is 0.378 e. The Labute approximate surface area is 129 Å². The molecule has 0 bridgehead atoms. The molecule has 0 aliphatic rings. The molecule has 1 atom stereocenters. The lowest BCUT2D eigenvalue weighted by Gasteiger charge is -2.20. The van der Waals surface area contributed by atoms with Gasteiger partial charge in [-0.15, -0.1) is 0 Å². The number of aryl methyl sites for hydroxylation is 4. The van der Waals surface area contributed by atoms with Gasteiger partial charge < -0.3 is 5.32 Å². The van der Waals surface area contributed by atoms with Crippen LogP contribution in [0.3, 0.4) is 0 Å². The predicted octanol–water partition coefficient (Wildman–Crippen LogP) is 5.25. The highest BCUT2D eigenvalue weighted by atomic mass is 79.9. The fourth-order valence-electron chi connectivity index (χ4n) is 2.69. The van der Waals surface area contributed by atoms with Crippen LogP contribution in [0.1, 0.15) is 41.0 Å². The Balaban J connectivity index is 2.28. The molecule has 1 aromatic carbocycles. The van der Waals surface area contributed by atoms with Crippen molar-refractivity contribution in [3.8, 4) is 0 Å². The van der Waals surface area contributed by atoms with E-state index in [1.165, 1.54) is 16.7 Å². The second-order valence-electron chi connectivity index (χ2n) is 5.41. The van der Waals surface area contributed by atoms with Gasteiger partial charge in [-0.2, -0.15) is 0 Å². The second kappa shape index (κ2) is 5.96. The number of hydrogen-bond donors (Lipinski definition) is 1. The lowest BCUT2D eigenvalue weighted by Crippen LogP contribution is -2.11. The topological polar surface area (TPSA) is 24.9 Å². The average Bonchev–Trinajstić information content (AvgIpc) is 2.32. The molecule has 0 saturated heterocycles. The summed E-state index contributed by atoms with van der Waals surface area (Å²) < 4.78 is 1.13. The smallest absolute Gasteiger partial charge is 0.0506 e. The molecule has 2 nitrogen and oxygen atoms in total. The van der Waals surface area contributed by atoms with Crippen LogP contribution in [0.2, 0.25) is 0 Å². The molecule has 0 fully saturated rings. The summed E-state index contributed by atoms with van der Waals surface area (Å²) in [4.78, 5) is 4.58. The number of nitrogens with zero attached hydrogens (tertiary/aromatic N) is 1. The third kappa shape index (κ3) is 3.21. The summed E-state index contributed by atoms with van der Waals surface area (Å²) in [6, 6.07) is 8.73. The molecule has 20 heavy (non-hydrogen) atoms. The summed E-state index contributed by atoms with van der Waals surface area (Å²) in [7, 11) is 0. The van der Waals surface area contributed by atoms with Gasteiger partial charge in [-0.25, -0.2) is 0 Å². The molecule has 0 aliphatic heterocycles. The van der Waals surface area contributed by atoms with Crippen molar-refractivity contribution in [2.24, 2.45) is 0 Å². The Hall–Kier alpha value is -1.35. The van der Waals surface area contributed by atoms with Crippen LogP contribution in [0.5, 0.6) is 0 Å². The van der Waals surface area contributed by atoms with Crippen molar-refractivity contribution < 1.29 is 0 Å². The van der Waals surface area contributed by atoms with E-state index in [0.717, 1.165) is 21.5 Å². The van der Waals surface area contributed by atoms with Gasteiger partial charge in [0.15, 0.2) is 0 Å². The number of anilines is 1. The maximum absolute atomic E-state index is 4.58. The van der Waals surface area contributed by atoms with Crippen LogP contribution in [0.25, 0.3) is 0 Å². The number of halogens is 1. The van der Waals surface area contributed by atoms with Crippen LogP contribution in [0.4, 0.5) is 5.69 Å². The second-order valence-corrected chi connectivity index (χ2v) is 6.26. The third-order valence-corrected chi connectivity index (χ3v) is 4.43. The van der Waals surface area contributed by atoms with Gasteiger partial charge in [0.25, 0.3) is 0 Å². The first-order valence-electron chi connectivity index (χ1n) is 6.86. The van der Waals surface area contributed by atoms with Crippen molar-refractivity contribution in [2.75, 3.05) is 5.32 Å². The van der Waals surface area contributed by atoms with Gasteiger partial charge in [-0.1, -0.05) is 22.0 Å². The van der Waals surface area contributed by atoms with Crippen molar-refractivity contribution >= 4 is 21.6 Å². The minimum absolute atomic E-state index is 0.234. The van der Waals surface area contributed by atoms with Crippen molar-refractivity contribution in [2.45, 2.75) is 40.7 Å². The van der Waals surface area contributed by atoms with Crippen LogP contribution in [0, 0.1) is 27.7 Å². The Morgan fingerprint density at radius 2 is 1.75 bits per heavy atom. The zero-order valence-corrected chi connectivity index (χ0v) is 14.3. The molecule has 0 saturated carbocycles. The maximum Gasteiger partial charge on any atom is 0.0506 e. The van der Waals surface area contributed by atoms with Crippen LogP contribution < -0.4 is 5.32 Å². The quantitative estimate of drug-likeness (QED) is 0.830. The molecule has 0 spiro atoms. The normalized spacial score (nSPS) is 12.3. The molecule has 1 aromatic heterocycles. The van der Waals surface area contributed by atoms with E-state index in [1.54, 1.807) is 0 Å². The Morgan fingerprint density at radius 1 is 1.05 bits per heavy atom. The molecule has 2 rings (SSSR count). The van der Waals surface area contributed by atoms with Gasteiger partial charge in [0.1, 0.15) is 0 Å². The van der Waals surface area contributed by atoms with Crippen molar-refractivity contribution in [3.05, 3.63) is 56.8 Å². The van der Waals surface area contributed by atoms with Gasteiger partial charge >= 0.3 is 0 Å². The predicted molar refractivity (Wildman–Crippen MR) is 89.4 cm³/mol.